The summed E-state index contributed by atoms with van der Waals surface area (Å²) in [5.74, 6) is -0.281. The second-order valence-electron chi connectivity index (χ2n) is 4.70. The molecule has 0 unspecified atom stereocenters. The number of nitrogens with one attached hydrogen (secondary N) is 2. The summed E-state index contributed by atoms with van der Waals surface area (Å²) in [7, 11) is 1.83. The van der Waals surface area contributed by atoms with Crippen molar-refractivity contribution in [2.75, 3.05) is 59.4 Å². The van der Waals surface area contributed by atoms with E-state index in [0.717, 1.165) is 0 Å². The van der Waals surface area contributed by atoms with Crippen molar-refractivity contribution in [3.63, 3.8) is 0 Å². The van der Waals surface area contributed by atoms with Crippen LogP contribution in [0.1, 0.15) is 0 Å². The molecule has 0 saturated carbocycles. The molecule has 0 atom stereocenters. The molecule has 126 valence electrons. The Hall–Kier alpha value is -1.70. The maximum atomic E-state index is 11.9. The van der Waals surface area contributed by atoms with E-state index in [-0.39, 0.29) is 11.8 Å². The highest BCUT2D eigenvalue weighted by Crippen LogP contribution is 1.96. The van der Waals surface area contributed by atoms with Gasteiger partial charge in [-0.3, -0.25) is 9.59 Å². The van der Waals surface area contributed by atoms with Gasteiger partial charge in [-0.2, -0.15) is 0 Å². The first-order valence-electron chi connectivity index (χ1n) is 7.48. The van der Waals surface area contributed by atoms with Crippen LogP contribution in [0.15, 0.2) is 25.3 Å². The summed E-state index contributed by atoms with van der Waals surface area (Å²) in [6, 6.07) is 0. The van der Waals surface area contributed by atoms with Crippen LogP contribution in [0.25, 0.3) is 0 Å². The van der Waals surface area contributed by atoms with E-state index in [2.05, 4.69) is 23.8 Å². The van der Waals surface area contributed by atoms with Crippen LogP contribution < -0.4 is 16.4 Å². The fourth-order valence-corrected chi connectivity index (χ4v) is 1.85. The van der Waals surface area contributed by atoms with Crippen molar-refractivity contribution in [1.29, 1.82) is 0 Å². The van der Waals surface area contributed by atoms with Crippen LogP contribution in [-0.4, -0.2) is 81.0 Å². The number of carbonyl (C=O) groups excluding carboxylic acids is 2. The zero-order valence-electron chi connectivity index (χ0n) is 13.5. The molecule has 0 aromatic heterocycles. The van der Waals surface area contributed by atoms with Crippen molar-refractivity contribution in [2.45, 2.75) is 0 Å². The lowest BCUT2D eigenvalue weighted by molar-refractivity contribution is -0.129. The molecule has 2 amide bonds. The van der Waals surface area contributed by atoms with Crippen LogP contribution in [-0.2, 0) is 9.59 Å². The average Bonchev–Trinajstić information content (AvgIpc) is 2.55. The van der Waals surface area contributed by atoms with Gasteiger partial charge in [-0.1, -0.05) is 13.2 Å². The zero-order chi connectivity index (χ0) is 16.8. The highest BCUT2D eigenvalue weighted by molar-refractivity contribution is 5.88. The van der Waals surface area contributed by atoms with E-state index in [1.54, 1.807) is 9.80 Å². The molecule has 0 spiro atoms. The van der Waals surface area contributed by atoms with Gasteiger partial charge in [-0.05, 0) is 19.2 Å². The molecule has 0 bridgehead atoms. The first-order chi connectivity index (χ1) is 10.6. The van der Waals surface area contributed by atoms with Gasteiger partial charge in [0.2, 0.25) is 11.8 Å². The number of nitrogens with two attached hydrogens (primary N) is 1. The Morgan fingerprint density at radius 1 is 0.955 bits per heavy atom. The van der Waals surface area contributed by atoms with E-state index in [0.29, 0.717) is 52.4 Å². The van der Waals surface area contributed by atoms with Crippen LogP contribution >= 0.6 is 0 Å². The normalized spacial score (nSPS) is 10.1. The van der Waals surface area contributed by atoms with Crippen molar-refractivity contribution in [3.05, 3.63) is 25.3 Å². The molecule has 0 heterocycles. The number of carbonyl (C=O) groups is 2. The minimum Gasteiger partial charge on any atom is -0.336 e. The van der Waals surface area contributed by atoms with E-state index >= 15 is 0 Å². The number of hydrogen-bond acceptors (Lipinski definition) is 5. The van der Waals surface area contributed by atoms with E-state index in [1.807, 2.05) is 7.05 Å². The lowest BCUT2D eigenvalue weighted by Crippen LogP contribution is -2.44. The molecule has 4 N–H and O–H groups in total. The van der Waals surface area contributed by atoms with Crippen molar-refractivity contribution < 1.29 is 9.59 Å². The maximum absolute atomic E-state index is 11.9. The van der Waals surface area contributed by atoms with E-state index in [4.69, 9.17) is 5.73 Å². The molecule has 0 aliphatic heterocycles. The monoisotopic (exact) mass is 311 g/mol. The lowest BCUT2D eigenvalue weighted by atomic mass is 10.3. The topological polar surface area (TPSA) is 90.7 Å². The number of amides is 2. The third-order valence-electron chi connectivity index (χ3n) is 3.12. The van der Waals surface area contributed by atoms with Crippen molar-refractivity contribution in [3.8, 4) is 0 Å². The largest absolute Gasteiger partial charge is 0.336 e. The third kappa shape index (κ3) is 8.56. The van der Waals surface area contributed by atoms with Crippen LogP contribution in [0.3, 0.4) is 0 Å². The van der Waals surface area contributed by atoms with E-state index in [1.165, 1.54) is 12.2 Å². The predicted octanol–water partition coefficient (Wildman–Crippen LogP) is -1.22. The Morgan fingerprint density at radius 3 is 1.86 bits per heavy atom. The molecular weight excluding hydrogens is 282 g/mol. The molecule has 0 radical (unpaired) electrons. The fraction of sp³-hybridized carbons (Fsp3) is 0.600. The number of nitrogens with zero attached hydrogens (tertiary/aromatic N) is 2. The summed E-state index contributed by atoms with van der Waals surface area (Å²) in [4.78, 5) is 27.0. The first kappa shape index (κ1) is 20.3. The summed E-state index contributed by atoms with van der Waals surface area (Å²) in [5, 5.41) is 6.14. The molecule has 0 aromatic carbocycles. The van der Waals surface area contributed by atoms with Crippen LogP contribution in [0, 0.1) is 0 Å². The Balaban J connectivity index is 4.47. The second kappa shape index (κ2) is 13.0. The lowest BCUT2D eigenvalue weighted by Gasteiger charge is -2.27. The van der Waals surface area contributed by atoms with Gasteiger partial charge in [0.05, 0.1) is 0 Å². The van der Waals surface area contributed by atoms with Crippen LogP contribution in [0.2, 0.25) is 0 Å². The molecule has 7 heteroatoms. The molecule has 0 rings (SSSR count). The summed E-state index contributed by atoms with van der Waals surface area (Å²) >= 11 is 0. The van der Waals surface area contributed by atoms with Gasteiger partial charge >= 0.3 is 0 Å². The van der Waals surface area contributed by atoms with Gasteiger partial charge in [-0.15, -0.1) is 0 Å². The minimum atomic E-state index is -0.144. The molecule has 22 heavy (non-hydrogen) atoms. The van der Waals surface area contributed by atoms with E-state index in [9.17, 15) is 9.59 Å². The van der Waals surface area contributed by atoms with E-state index < -0.39 is 0 Å². The van der Waals surface area contributed by atoms with Gasteiger partial charge in [0, 0.05) is 52.4 Å². The van der Waals surface area contributed by atoms with Crippen LogP contribution in [0.5, 0.6) is 0 Å². The second-order valence-corrected chi connectivity index (χ2v) is 4.70. The Kier molecular flexibility index (Phi) is 12.0. The minimum absolute atomic E-state index is 0.137. The van der Waals surface area contributed by atoms with Crippen molar-refractivity contribution >= 4 is 11.8 Å². The maximum Gasteiger partial charge on any atom is 0.246 e. The molecule has 0 fully saturated rings. The van der Waals surface area contributed by atoms with Gasteiger partial charge < -0.3 is 26.2 Å². The Morgan fingerprint density at radius 2 is 1.45 bits per heavy atom. The summed E-state index contributed by atoms with van der Waals surface area (Å²) in [5.41, 5.74) is 5.41. The number of likely N-dealkylation sites (N-methyl/N-ethyl adjacent to an activating group) is 1. The predicted molar refractivity (Wildman–Crippen MR) is 89.4 cm³/mol. The average molecular weight is 311 g/mol. The first-order valence-corrected chi connectivity index (χ1v) is 7.48. The van der Waals surface area contributed by atoms with Gasteiger partial charge in [0.15, 0.2) is 0 Å². The number of rotatable bonds is 13. The Bertz CT molecular complexity index is 360. The fourth-order valence-electron chi connectivity index (χ4n) is 1.85. The molecule has 0 aliphatic rings. The van der Waals surface area contributed by atoms with Crippen molar-refractivity contribution in [1.82, 2.24) is 20.4 Å². The summed E-state index contributed by atoms with van der Waals surface area (Å²) < 4.78 is 0. The van der Waals surface area contributed by atoms with Gasteiger partial charge in [0.25, 0.3) is 0 Å². The molecular formula is C15H29N5O2. The molecule has 0 saturated heterocycles. The standard InChI is InChI=1S/C15H29N5O2/c1-4-14(21)19(10-8-17-3)12-13-20(15(22)5-2)11-9-18-7-6-16/h4-5,17-18H,1-2,6-13,16H2,3H3. The quantitative estimate of drug-likeness (QED) is 0.293. The highest BCUT2D eigenvalue weighted by atomic mass is 16.2. The third-order valence-corrected chi connectivity index (χ3v) is 3.12. The van der Waals surface area contributed by atoms with Crippen molar-refractivity contribution in [2.24, 2.45) is 5.73 Å². The van der Waals surface area contributed by atoms with Gasteiger partial charge in [0.1, 0.15) is 0 Å². The van der Waals surface area contributed by atoms with Gasteiger partial charge in [-0.25, -0.2) is 0 Å². The SMILES string of the molecule is C=CC(=O)N(CCNC)CCN(CCNCCN)C(=O)C=C. The highest BCUT2D eigenvalue weighted by Gasteiger charge is 2.14. The molecule has 0 aliphatic carbocycles. The number of hydrogen-bond donors (Lipinski definition) is 3. The summed E-state index contributed by atoms with van der Waals surface area (Å²) in [6.07, 6.45) is 2.58. The smallest absolute Gasteiger partial charge is 0.246 e. The van der Waals surface area contributed by atoms with Crippen LogP contribution in [0.4, 0.5) is 0 Å². The Labute approximate surface area is 133 Å². The summed E-state index contributed by atoms with van der Waals surface area (Å²) in [6.45, 7) is 11.7. The molecule has 7 nitrogen and oxygen atoms in total. The molecule has 0 aromatic rings. The zero-order valence-corrected chi connectivity index (χ0v) is 13.5.